The van der Waals surface area contributed by atoms with Crippen LogP contribution in [-0.2, 0) is 0 Å². The van der Waals surface area contributed by atoms with Crippen molar-refractivity contribution < 1.29 is 0 Å². The van der Waals surface area contributed by atoms with Crippen molar-refractivity contribution in [2.75, 3.05) is 18.0 Å². The summed E-state index contributed by atoms with van der Waals surface area (Å²) < 4.78 is 0. The van der Waals surface area contributed by atoms with Crippen molar-refractivity contribution in [3.05, 3.63) is 35.5 Å². The Morgan fingerprint density at radius 3 is 2.92 bits per heavy atom. The summed E-state index contributed by atoms with van der Waals surface area (Å²) in [5.41, 5.74) is 0. The molecular weight excluding hydrogens is 184 g/mol. The van der Waals surface area contributed by atoms with Gasteiger partial charge in [0.15, 0.2) is 0 Å². The molecule has 3 heteroatoms. The zero-order chi connectivity index (χ0) is 9.10. The fourth-order valence-corrected chi connectivity index (χ4v) is 1.58. The number of hydrogen-bond acceptors (Lipinski definition) is 2. The second-order valence-electron chi connectivity index (χ2n) is 3.02. The minimum Gasteiger partial charge on any atom is -0.353 e. The fraction of sp³-hybridized carbons (Fsp3) is 0.300. The highest BCUT2D eigenvalue weighted by molar-refractivity contribution is 6.29. The summed E-state index contributed by atoms with van der Waals surface area (Å²) in [6.45, 7) is 1.97. The maximum absolute atomic E-state index is 5.81. The molecule has 0 atom stereocenters. The normalized spacial score (nSPS) is 16.2. The van der Waals surface area contributed by atoms with E-state index in [2.05, 4.69) is 22.0 Å². The van der Waals surface area contributed by atoms with E-state index in [1.54, 1.807) is 6.07 Å². The fourth-order valence-electron chi connectivity index (χ4n) is 1.42. The lowest BCUT2D eigenvalue weighted by molar-refractivity contribution is 0.806. The predicted molar refractivity (Wildman–Crippen MR) is 55.2 cm³/mol. The van der Waals surface area contributed by atoms with Gasteiger partial charge in [0.25, 0.3) is 0 Å². The molecule has 0 fully saturated rings. The van der Waals surface area contributed by atoms with Gasteiger partial charge in [0.2, 0.25) is 0 Å². The lowest BCUT2D eigenvalue weighted by Crippen LogP contribution is -2.27. The Bertz CT molecular complexity index is 322. The zero-order valence-electron chi connectivity index (χ0n) is 7.28. The number of aromatic nitrogens is 1. The maximum atomic E-state index is 5.81. The summed E-state index contributed by atoms with van der Waals surface area (Å²) in [5, 5.41) is 0.562. The molecule has 1 aliphatic rings. The van der Waals surface area contributed by atoms with Gasteiger partial charge in [0.05, 0.1) is 0 Å². The molecule has 13 heavy (non-hydrogen) atoms. The van der Waals surface area contributed by atoms with Gasteiger partial charge in [-0.25, -0.2) is 4.98 Å². The van der Waals surface area contributed by atoms with E-state index >= 15 is 0 Å². The molecule has 0 unspecified atom stereocenters. The number of anilines is 1. The number of hydrogen-bond donors (Lipinski definition) is 0. The first-order valence-electron chi connectivity index (χ1n) is 4.39. The van der Waals surface area contributed by atoms with Crippen LogP contribution in [0.5, 0.6) is 0 Å². The zero-order valence-corrected chi connectivity index (χ0v) is 8.04. The van der Waals surface area contributed by atoms with Gasteiger partial charge >= 0.3 is 0 Å². The molecule has 68 valence electrons. The molecule has 2 heterocycles. The summed E-state index contributed by atoms with van der Waals surface area (Å²) in [6.07, 6.45) is 5.45. The van der Waals surface area contributed by atoms with Gasteiger partial charge in [-0.05, 0) is 18.6 Å². The largest absolute Gasteiger partial charge is 0.353 e. The molecule has 0 saturated heterocycles. The highest BCUT2D eigenvalue weighted by Crippen LogP contribution is 2.16. The van der Waals surface area contributed by atoms with Crippen molar-refractivity contribution in [2.24, 2.45) is 0 Å². The molecule has 0 spiro atoms. The van der Waals surface area contributed by atoms with E-state index < -0.39 is 0 Å². The van der Waals surface area contributed by atoms with Crippen LogP contribution in [0.4, 0.5) is 5.82 Å². The van der Waals surface area contributed by atoms with E-state index in [0.29, 0.717) is 5.15 Å². The predicted octanol–water partition coefficient (Wildman–Crippen LogP) is 2.50. The van der Waals surface area contributed by atoms with Crippen LogP contribution >= 0.6 is 11.6 Å². The molecule has 1 aliphatic heterocycles. The molecule has 2 rings (SSSR count). The van der Waals surface area contributed by atoms with Gasteiger partial charge in [-0.15, -0.1) is 0 Å². The van der Waals surface area contributed by atoms with Crippen LogP contribution in [0.25, 0.3) is 0 Å². The Hall–Kier alpha value is -1.02. The van der Waals surface area contributed by atoms with Crippen LogP contribution in [0.1, 0.15) is 6.42 Å². The van der Waals surface area contributed by atoms with Crippen molar-refractivity contribution in [1.82, 2.24) is 4.98 Å². The van der Waals surface area contributed by atoms with Crippen molar-refractivity contribution in [3.8, 4) is 0 Å². The molecule has 0 amide bonds. The monoisotopic (exact) mass is 194 g/mol. The van der Waals surface area contributed by atoms with Gasteiger partial charge in [0.1, 0.15) is 11.0 Å². The standard InChI is InChI=1S/C10H11ClN2/c11-9-5-4-6-10(12-9)13-7-2-1-3-8-13/h1-2,4-6H,3,7-8H2. The van der Waals surface area contributed by atoms with E-state index in [9.17, 15) is 0 Å². The first-order valence-corrected chi connectivity index (χ1v) is 4.76. The first-order chi connectivity index (χ1) is 6.36. The van der Waals surface area contributed by atoms with Crippen LogP contribution in [0.2, 0.25) is 5.15 Å². The van der Waals surface area contributed by atoms with Crippen molar-refractivity contribution >= 4 is 17.4 Å². The Morgan fingerprint density at radius 1 is 1.31 bits per heavy atom. The Balaban J connectivity index is 2.20. The number of halogens is 1. The van der Waals surface area contributed by atoms with Crippen LogP contribution in [0.15, 0.2) is 30.4 Å². The van der Waals surface area contributed by atoms with E-state index in [1.807, 2.05) is 12.1 Å². The summed E-state index contributed by atoms with van der Waals surface area (Å²) in [7, 11) is 0. The summed E-state index contributed by atoms with van der Waals surface area (Å²) >= 11 is 5.81. The van der Waals surface area contributed by atoms with Gasteiger partial charge in [-0.1, -0.05) is 29.8 Å². The smallest absolute Gasteiger partial charge is 0.131 e. The average molecular weight is 195 g/mol. The molecule has 0 radical (unpaired) electrons. The third-order valence-corrected chi connectivity index (χ3v) is 2.29. The maximum Gasteiger partial charge on any atom is 0.131 e. The van der Waals surface area contributed by atoms with E-state index in [4.69, 9.17) is 11.6 Å². The Kier molecular flexibility index (Phi) is 2.50. The van der Waals surface area contributed by atoms with Crippen molar-refractivity contribution in [1.29, 1.82) is 0 Å². The van der Waals surface area contributed by atoms with E-state index in [0.717, 1.165) is 25.3 Å². The number of rotatable bonds is 1. The molecule has 1 aromatic heterocycles. The summed E-state index contributed by atoms with van der Waals surface area (Å²) in [6, 6.07) is 5.72. The minimum atomic E-state index is 0.562. The molecule has 0 aromatic carbocycles. The topological polar surface area (TPSA) is 16.1 Å². The van der Waals surface area contributed by atoms with Gasteiger partial charge in [-0.3, -0.25) is 0 Å². The van der Waals surface area contributed by atoms with Crippen LogP contribution in [0, 0.1) is 0 Å². The van der Waals surface area contributed by atoms with Gasteiger partial charge in [-0.2, -0.15) is 0 Å². The lowest BCUT2D eigenvalue weighted by Gasteiger charge is -2.24. The van der Waals surface area contributed by atoms with Crippen molar-refractivity contribution in [3.63, 3.8) is 0 Å². The Labute approximate surface area is 82.8 Å². The third-order valence-electron chi connectivity index (χ3n) is 2.08. The quantitative estimate of drug-likeness (QED) is 0.505. The molecule has 1 aromatic rings. The van der Waals surface area contributed by atoms with E-state index in [-0.39, 0.29) is 0 Å². The first kappa shape index (κ1) is 8.57. The second kappa shape index (κ2) is 3.79. The van der Waals surface area contributed by atoms with Gasteiger partial charge in [0, 0.05) is 13.1 Å². The molecule has 0 bridgehead atoms. The SMILES string of the molecule is Clc1cccc(N2CC=CCC2)n1. The summed E-state index contributed by atoms with van der Waals surface area (Å²) in [4.78, 5) is 6.47. The molecule has 0 saturated carbocycles. The number of pyridine rings is 1. The lowest BCUT2D eigenvalue weighted by atomic mass is 10.2. The van der Waals surface area contributed by atoms with Crippen molar-refractivity contribution in [2.45, 2.75) is 6.42 Å². The van der Waals surface area contributed by atoms with Gasteiger partial charge < -0.3 is 4.90 Å². The Morgan fingerprint density at radius 2 is 2.23 bits per heavy atom. The third kappa shape index (κ3) is 2.01. The number of nitrogens with zero attached hydrogens (tertiary/aromatic N) is 2. The summed E-state index contributed by atoms with van der Waals surface area (Å²) in [5.74, 6) is 0.969. The molecular formula is C10H11ClN2. The van der Waals surface area contributed by atoms with Crippen LogP contribution in [-0.4, -0.2) is 18.1 Å². The van der Waals surface area contributed by atoms with E-state index in [1.165, 1.54) is 0 Å². The molecule has 0 N–H and O–H groups in total. The minimum absolute atomic E-state index is 0.562. The highest BCUT2D eigenvalue weighted by Gasteiger charge is 2.07. The molecule has 0 aliphatic carbocycles. The molecule has 2 nitrogen and oxygen atoms in total. The van der Waals surface area contributed by atoms with Crippen LogP contribution in [0.3, 0.4) is 0 Å². The second-order valence-corrected chi connectivity index (χ2v) is 3.41. The van der Waals surface area contributed by atoms with Crippen LogP contribution < -0.4 is 4.90 Å². The highest BCUT2D eigenvalue weighted by atomic mass is 35.5. The average Bonchev–Trinajstić information content (AvgIpc) is 2.19.